The summed E-state index contributed by atoms with van der Waals surface area (Å²) in [4.78, 5) is 0. The molecule has 0 amide bonds. The number of anilines is 1. The summed E-state index contributed by atoms with van der Waals surface area (Å²) in [5.41, 5.74) is 1.38. The molecule has 158 valence electrons. The maximum Gasteiger partial charge on any atom is 0.200 e. The lowest BCUT2D eigenvalue weighted by Crippen LogP contribution is -2.28. The van der Waals surface area contributed by atoms with Gasteiger partial charge >= 0.3 is 0 Å². The zero-order valence-electron chi connectivity index (χ0n) is 16.0. The second kappa shape index (κ2) is 8.78. The number of aryl methyl sites for hydroxylation is 1. The summed E-state index contributed by atoms with van der Waals surface area (Å²) in [5, 5.41) is 10.4. The minimum absolute atomic E-state index is 0.292. The van der Waals surface area contributed by atoms with Crippen LogP contribution in [0.3, 0.4) is 0 Å². The molecule has 4 nitrogen and oxygen atoms in total. The van der Waals surface area contributed by atoms with E-state index in [1.54, 1.807) is 13.8 Å². The molecule has 0 saturated carbocycles. The van der Waals surface area contributed by atoms with Crippen LogP contribution in [0.15, 0.2) is 30.3 Å². The largest absolute Gasteiger partial charge is 0.358 e. The molecule has 0 atom stereocenters. The van der Waals surface area contributed by atoms with E-state index in [2.05, 4.69) is 15.7 Å². The Kier molecular flexibility index (Phi) is 6.35. The van der Waals surface area contributed by atoms with E-state index >= 15 is 0 Å². The van der Waals surface area contributed by atoms with Crippen molar-refractivity contribution in [1.82, 2.24) is 15.1 Å². The number of benzene rings is 2. The van der Waals surface area contributed by atoms with Gasteiger partial charge in [-0.25, -0.2) is 22.0 Å². The quantitative estimate of drug-likeness (QED) is 0.261. The van der Waals surface area contributed by atoms with Crippen LogP contribution in [-0.2, 0) is 13.1 Å². The predicted molar refractivity (Wildman–Crippen MR) is 107 cm³/mol. The maximum absolute atomic E-state index is 14.0. The van der Waals surface area contributed by atoms with Crippen molar-refractivity contribution in [2.45, 2.75) is 26.9 Å². The lowest BCUT2D eigenvalue weighted by molar-refractivity contribution is 0.366. The Labute approximate surface area is 174 Å². The first-order chi connectivity index (χ1) is 14.2. The highest BCUT2D eigenvalue weighted by Gasteiger charge is 2.26. The van der Waals surface area contributed by atoms with Crippen molar-refractivity contribution in [3.05, 3.63) is 81.9 Å². The number of thiocarbonyl (C=S) groups is 1. The molecule has 2 aromatic carbocycles. The normalized spacial score (nSPS) is 10.9. The summed E-state index contributed by atoms with van der Waals surface area (Å²) in [6.07, 6.45) is 0. The second-order valence-electron chi connectivity index (χ2n) is 6.55. The molecule has 0 spiro atoms. The molecule has 0 saturated heterocycles. The molecule has 3 aromatic rings. The van der Waals surface area contributed by atoms with Gasteiger partial charge in [-0.3, -0.25) is 4.68 Å². The van der Waals surface area contributed by atoms with Crippen molar-refractivity contribution in [3.8, 4) is 0 Å². The molecule has 0 bridgehead atoms. The Balaban J connectivity index is 1.79. The lowest BCUT2D eigenvalue weighted by Gasteiger charge is -2.12. The van der Waals surface area contributed by atoms with E-state index in [1.807, 2.05) is 30.3 Å². The predicted octanol–water partition coefficient (Wildman–Crippen LogP) is 4.73. The van der Waals surface area contributed by atoms with Crippen LogP contribution in [0.4, 0.5) is 27.6 Å². The van der Waals surface area contributed by atoms with Crippen LogP contribution in [0.5, 0.6) is 0 Å². The van der Waals surface area contributed by atoms with E-state index in [1.165, 1.54) is 0 Å². The van der Waals surface area contributed by atoms with Gasteiger partial charge in [0.1, 0.15) is 0 Å². The molecule has 0 aliphatic rings. The number of aromatic nitrogens is 2. The molecule has 0 aliphatic heterocycles. The van der Waals surface area contributed by atoms with Gasteiger partial charge in [0.15, 0.2) is 28.4 Å². The van der Waals surface area contributed by atoms with E-state index in [4.69, 9.17) is 12.2 Å². The van der Waals surface area contributed by atoms with Crippen LogP contribution in [0.2, 0.25) is 0 Å². The number of nitrogens with one attached hydrogen (secondary N) is 2. The average molecular weight is 440 g/mol. The summed E-state index contributed by atoms with van der Waals surface area (Å²) in [5.74, 6) is -9.94. The van der Waals surface area contributed by atoms with Crippen LogP contribution in [0, 0.1) is 42.9 Å². The standard InChI is InChI=1S/C20H17F5N4S/c1-10-19(27-20(30)26-8-12-6-4-3-5-7-12)11(2)29(28-10)9-13-14(21)16(23)18(25)17(24)15(13)22/h3-7H,8-9H2,1-2H3,(H2,26,27,30). The second-order valence-corrected chi connectivity index (χ2v) is 6.95. The summed E-state index contributed by atoms with van der Waals surface area (Å²) < 4.78 is 69.3. The van der Waals surface area contributed by atoms with E-state index < -0.39 is 41.2 Å². The third-order valence-electron chi connectivity index (χ3n) is 4.52. The SMILES string of the molecule is Cc1nn(Cc2c(F)c(F)c(F)c(F)c2F)c(C)c1NC(=S)NCc1ccccc1. The number of halogens is 5. The minimum atomic E-state index is -2.20. The van der Waals surface area contributed by atoms with Crippen LogP contribution in [-0.4, -0.2) is 14.9 Å². The van der Waals surface area contributed by atoms with Crippen molar-refractivity contribution < 1.29 is 22.0 Å². The summed E-state index contributed by atoms with van der Waals surface area (Å²) in [6, 6.07) is 9.53. The van der Waals surface area contributed by atoms with Gasteiger partial charge in [0.05, 0.1) is 29.2 Å². The smallest absolute Gasteiger partial charge is 0.200 e. The topological polar surface area (TPSA) is 41.9 Å². The molecular formula is C20H17F5N4S. The molecule has 0 fully saturated rings. The molecule has 0 aliphatic carbocycles. The number of hydrogen-bond acceptors (Lipinski definition) is 2. The summed E-state index contributed by atoms with van der Waals surface area (Å²) in [6.45, 7) is 3.06. The van der Waals surface area contributed by atoms with Crippen LogP contribution >= 0.6 is 12.2 Å². The van der Waals surface area contributed by atoms with Gasteiger partial charge in [-0.15, -0.1) is 0 Å². The Hall–Kier alpha value is -3.01. The van der Waals surface area contributed by atoms with Crippen molar-refractivity contribution >= 4 is 23.0 Å². The fourth-order valence-corrected chi connectivity index (χ4v) is 3.08. The third kappa shape index (κ3) is 4.28. The highest BCUT2D eigenvalue weighted by molar-refractivity contribution is 7.80. The van der Waals surface area contributed by atoms with E-state index in [-0.39, 0.29) is 0 Å². The van der Waals surface area contributed by atoms with Crippen molar-refractivity contribution in [3.63, 3.8) is 0 Å². The van der Waals surface area contributed by atoms with Gasteiger partial charge in [-0.2, -0.15) is 5.10 Å². The van der Waals surface area contributed by atoms with Crippen molar-refractivity contribution in [2.24, 2.45) is 0 Å². The van der Waals surface area contributed by atoms with Gasteiger partial charge in [-0.1, -0.05) is 30.3 Å². The monoisotopic (exact) mass is 440 g/mol. The molecule has 1 heterocycles. The van der Waals surface area contributed by atoms with Crippen LogP contribution in [0.25, 0.3) is 0 Å². The van der Waals surface area contributed by atoms with E-state index in [0.717, 1.165) is 10.2 Å². The maximum atomic E-state index is 14.0. The molecule has 1 aromatic heterocycles. The Morgan fingerprint density at radius 1 is 0.933 bits per heavy atom. The molecule has 30 heavy (non-hydrogen) atoms. The fourth-order valence-electron chi connectivity index (χ4n) is 2.91. The van der Waals surface area contributed by atoms with Gasteiger partial charge < -0.3 is 10.6 Å². The first-order valence-electron chi connectivity index (χ1n) is 8.83. The molecule has 2 N–H and O–H groups in total. The van der Waals surface area contributed by atoms with Gasteiger partial charge in [0.25, 0.3) is 0 Å². The number of nitrogens with zero attached hydrogens (tertiary/aromatic N) is 2. The first kappa shape index (κ1) is 21.7. The lowest BCUT2D eigenvalue weighted by atomic mass is 10.1. The minimum Gasteiger partial charge on any atom is -0.358 e. The van der Waals surface area contributed by atoms with E-state index in [0.29, 0.717) is 28.7 Å². The van der Waals surface area contributed by atoms with Gasteiger partial charge in [0, 0.05) is 6.54 Å². The van der Waals surface area contributed by atoms with Crippen LogP contribution in [0.1, 0.15) is 22.5 Å². The summed E-state index contributed by atoms with van der Waals surface area (Å²) >= 11 is 5.26. The third-order valence-corrected chi connectivity index (χ3v) is 4.77. The molecular weight excluding hydrogens is 423 g/mol. The zero-order valence-corrected chi connectivity index (χ0v) is 16.8. The first-order valence-corrected chi connectivity index (χ1v) is 9.24. The van der Waals surface area contributed by atoms with Crippen molar-refractivity contribution in [2.75, 3.05) is 5.32 Å². The molecule has 0 radical (unpaired) electrons. The average Bonchev–Trinajstić information content (AvgIpc) is 3.00. The number of hydrogen-bond donors (Lipinski definition) is 2. The van der Waals surface area contributed by atoms with Gasteiger partial charge in [-0.05, 0) is 31.6 Å². The Morgan fingerprint density at radius 2 is 1.50 bits per heavy atom. The zero-order chi connectivity index (χ0) is 22.0. The Bertz CT molecular complexity index is 1070. The van der Waals surface area contributed by atoms with Crippen molar-refractivity contribution in [1.29, 1.82) is 0 Å². The molecule has 3 rings (SSSR count). The molecule has 10 heteroatoms. The van der Waals surface area contributed by atoms with E-state index in [9.17, 15) is 22.0 Å². The number of rotatable bonds is 5. The summed E-state index contributed by atoms with van der Waals surface area (Å²) in [7, 11) is 0. The fraction of sp³-hybridized carbons (Fsp3) is 0.200. The Morgan fingerprint density at radius 3 is 2.10 bits per heavy atom. The molecule has 0 unspecified atom stereocenters. The highest BCUT2D eigenvalue weighted by atomic mass is 32.1. The highest BCUT2D eigenvalue weighted by Crippen LogP contribution is 2.26. The van der Waals surface area contributed by atoms with Gasteiger partial charge in [0.2, 0.25) is 5.82 Å². The van der Waals surface area contributed by atoms with Crippen LogP contribution < -0.4 is 10.6 Å².